The lowest BCUT2D eigenvalue weighted by atomic mass is 10.0. The van der Waals surface area contributed by atoms with Gasteiger partial charge >= 0.3 is 0 Å². The molecule has 1 aliphatic heterocycles. The molecule has 1 fully saturated rings. The molecule has 0 unspecified atom stereocenters. The van der Waals surface area contributed by atoms with Gasteiger partial charge in [0, 0.05) is 17.6 Å². The van der Waals surface area contributed by atoms with Crippen LogP contribution < -0.4 is 10.2 Å². The normalized spacial score (nSPS) is 15.1. The van der Waals surface area contributed by atoms with E-state index in [1.165, 1.54) is 0 Å². The van der Waals surface area contributed by atoms with E-state index >= 15 is 0 Å². The van der Waals surface area contributed by atoms with Crippen LogP contribution in [0.3, 0.4) is 0 Å². The maximum Gasteiger partial charge on any atom is 0.163 e. The van der Waals surface area contributed by atoms with Gasteiger partial charge in [-0.2, -0.15) is 5.26 Å². The summed E-state index contributed by atoms with van der Waals surface area (Å²) in [5, 5.41) is 21.2. The number of nitrogens with one attached hydrogen (secondary N) is 1. The first-order valence-corrected chi connectivity index (χ1v) is 8.10. The number of nitrogens with zero attached hydrogens (tertiary/aromatic N) is 4. The lowest BCUT2D eigenvalue weighted by molar-refractivity contribution is 0.425. The van der Waals surface area contributed by atoms with Crippen LogP contribution >= 0.6 is 11.6 Å². The van der Waals surface area contributed by atoms with E-state index in [-0.39, 0.29) is 0 Å². The minimum atomic E-state index is 0.335. The van der Waals surface area contributed by atoms with Crippen LogP contribution in [0.15, 0.2) is 36.4 Å². The minimum absolute atomic E-state index is 0.335. The first-order chi connectivity index (χ1) is 11.3. The van der Waals surface area contributed by atoms with E-state index < -0.39 is 0 Å². The van der Waals surface area contributed by atoms with E-state index in [1.807, 2.05) is 30.3 Å². The summed E-state index contributed by atoms with van der Waals surface area (Å²) in [6.45, 7) is 2.73. The highest BCUT2D eigenvalue weighted by Crippen LogP contribution is 2.23. The predicted molar refractivity (Wildman–Crippen MR) is 90.3 cm³/mol. The topological polar surface area (TPSA) is 64.8 Å². The molecule has 1 N–H and O–H groups in total. The number of nitriles is 1. The highest BCUT2D eigenvalue weighted by atomic mass is 35.5. The molecule has 2 aromatic rings. The highest BCUT2D eigenvalue weighted by Gasteiger charge is 2.23. The second-order valence-electron chi connectivity index (χ2n) is 5.63. The van der Waals surface area contributed by atoms with Crippen molar-refractivity contribution in [3.05, 3.63) is 52.7 Å². The molecule has 5 nitrogen and oxygen atoms in total. The maximum absolute atomic E-state index is 8.89. The second kappa shape index (κ2) is 7.40. The largest absolute Gasteiger partial charge is 0.348 e. The van der Waals surface area contributed by atoms with Gasteiger partial charge < -0.3 is 10.2 Å². The molecule has 0 radical (unpaired) electrons. The van der Waals surface area contributed by atoms with Crippen molar-refractivity contribution in [2.45, 2.75) is 25.4 Å². The molecule has 23 heavy (non-hydrogen) atoms. The molecule has 2 heterocycles. The van der Waals surface area contributed by atoms with Gasteiger partial charge in [-0.1, -0.05) is 23.7 Å². The fraction of sp³-hybridized carbons (Fsp3) is 0.353. The fourth-order valence-corrected chi connectivity index (χ4v) is 3.10. The standard InChI is InChI=1S/C17H18ClN5/c18-14-3-1-2-13(10-14)12-23(16-6-8-20-9-7-16)17-5-4-15(11-19)21-22-17/h1-5,10,16,20H,6-9,12H2. The molecular formula is C17H18ClN5. The first kappa shape index (κ1) is 15.7. The number of anilines is 1. The van der Waals surface area contributed by atoms with Gasteiger partial charge in [-0.15, -0.1) is 10.2 Å². The molecule has 6 heteroatoms. The summed E-state index contributed by atoms with van der Waals surface area (Å²) in [7, 11) is 0. The highest BCUT2D eigenvalue weighted by molar-refractivity contribution is 6.30. The third kappa shape index (κ3) is 3.98. The van der Waals surface area contributed by atoms with E-state index in [0.29, 0.717) is 11.7 Å². The number of halogens is 1. The van der Waals surface area contributed by atoms with Crippen LogP contribution in [0.25, 0.3) is 0 Å². The molecule has 0 bridgehead atoms. The van der Waals surface area contributed by atoms with E-state index in [4.69, 9.17) is 16.9 Å². The smallest absolute Gasteiger partial charge is 0.163 e. The van der Waals surface area contributed by atoms with E-state index in [2.05, 4.69) is 26.5 Å². The summed E-state index contributed by atoms with van der Waals surface area (Å²) in [4.78, 5) is 2.26. The minimum Gasteiger partial charge on any atom is -0.348 e. The zero-order valence-electron chi connectivity index (χ0n) is 12.7. The summed E-state index contributed by atoms with van der Waals surface area (Å²) in [5.41, 5.74) is 1.48. The zero-order chi connectivity index (χ0) is 16.1. The lowest BCUT2D eigenvalue weighted by Crippen LogP contribution is -2.43. The van der Waals surface area contributed by atoms with Crippen LogP contribution in [0.1, 0.15) is 24.1 Å². The van der Waals surface area contributed by atoms with Crippen LogP contribution in [-0.4, -0.2) is 29.3 Å². The molecule has 0 aliphatic carbocycles. The van der Waals surface area contributed by atoms with Crippen LogP contribution in [-0.2, 0) is 6.54 Å². The van der Waals surface area contributed by atoms with Crippen molar-refractivity contribution < 1.29 is 0 Å². The van der Waals surface area contributed by atoms with Crippen LogP contribution in [0, 0.1) is 11.3 Å². The SMILES string of the molecule is N#Cc1ccc(N(Cc2cccc(Cl)c2)C2CCNCC2)nn1. The van der Waals surface area contributed by atoms with Gasteiger partial charge in [0.1, 0.15) is 6.07 Å². The molecule has 1 saturated heterocycles. The Morgan fingerprint density at radius 2 is 2.04 bits per heavy atom. The average Bonchev–Trinajstić information content (AvgIpc) is 2.61. The fourth-order valence-electron chi connectivity index (χ4n) is 2.89. The predicted octanol–water partition coefficient (Wildman–Crippen LogP) is 2.76. The Labute approximate surface area is 140 Å². The number of aromatic nitrogens is 2. The van der Waals surface area contributed by atoms with Crippen molar-refractivity contribution in [1.82, 2.24) is 15.5 Å². The Bertz CT molecular complexity index is 689. The molecule has 1 aliphatic rings. The molecule has 1 aromatic heterocycles. The third-order valence-corrected chi connectivity index (χ3v) is 4.29. The monoisotopic (exact) mass is 327 g/mol. The number of benzene rings is 1. The Balaban J connectivity index is 1.87. The molecule has 0 spiro atoms. The quantitative estimate of drug-likeness (QED) is 0.935. The molecule has 0 atom stereocenters. The molecule has 3 rings (SSSR count). The molecule has 0 amide bonds. The average molecular weight is 328 g/mol. The summed E-state index contributed by atoms with van der Waals surface area (Å²) in [5.74, 6) is 0.802. The summed E-state index contributed by atoms with van der Waals surface area (Å²) < 4.78 is 0. The lowest BCUT2D eigenvalue weighted by Gasteiger charge is -2.35. The molecule has 1 aromatic carbocycles. The van der Waals surface area contributed by atoms with Gasteiger partial charge in [0.05, 0.1) is 0 Å². The first-order valence-electron chi connectivity index (χ1n) is 7.72. The van der Waals surface area contributed by atoms with Crippen LogP contribution in [0.5, 0.6) is 0 Å². The third-order valence-electron chi connectivity index (χ3n) is 4.05. The van der Waals surface area contributed by atoms with Crippen molar-refractivity contribution in [2.75, 3.05) is 18.0 Å². The van der Waals surface area contributed by atoms with Crippen LogP contribution in [0.4, 0.5) is 5.82 Å². The number of rotatable bonds is 4. The number of piperidine rings is 1. The zero-order valence-corrected chi connectivity index (χ0v) is 13.5. The summed E-state index contributed by atoms with van der Waals surface area (Å²) >= 11 is 6.11. The van der Waals surface area contributed by atoms with E-state index in [9.17, 15) is 0 Å². The van der Waals surface area contributed by atoms with Gasteiger partial charge in [-0.05, 0) is 55.8 Å². The summed E-state index contributed by atoms with van der Waals surface area (Å²) in [6.07, 6.45) is 2.12. The van der Waals surface area contributed by atoms with Gasteiger partial charge in [0.2, 0.25) is 0 Å². The number of hydrogen-bond acceptors (Lipinski definition) is 5. The van der Waals surface area contributed by atoms with Crippen LogP contribution in [0.2, 0.25) is 5.02 Å². The van der Waals surface area contributed by atoms with Gasteiger partial charge in [-0.3, -0.25) is 0 Å². The van der Waals surface area contributed by atoms with Crippen molar-refractivity contribution in [3.63, 3.8) is 0 Å². The Kier molecular flexibility index (Phi) is 5.06. The second-order valence-corrected chi connectivity index (χ2v) is 6.06. The number of hydrogen-bond donors (Lipinski definition) is 1. The van der Waals surface area contributed by atoms with Crippen molar-refractivity contribution in [2.24, 2.45) is 0 Å². The Morgan fingerprint density at radius 3 is 2.70 bits per heavy atom. The van der Waals surface area contributed by atoms with Gasteiger partial charge in [0.15, 0.2) is 11.5 Å². The Hall–Kier alpha value is -2.16. The van der Waals surface area contributed by atoms with E-state index in [0.717, 1.165) is 48.9 Å². The molecule has 0 saturated carbocycles. The molecular weight excluding hydrogens is 310 g/mol. The van der Waals surface area contributed by atoms with Crippen molar-refractivity contribution >= 4 is 17.4 Å². The Morgan fingerprint density at radius 1 is 1.22 bits per heavy atom. The summed E-state index contributed by atoms with van der Waals surface area (Å²) in [6, 6.07) is 13.9. The molecule has 118 valence electrons. The van der Waals surface area contributed by atoms with E-state index in [1.54, 1.807) is 6.07 Å². The van der Waals surface area contributed by atoms with Crippen molar-refractivity contribution in [3.8, 4) is 6.07 Å². The maximum atomic E-state index is 8.89. The van der Waals surface area contributed by atoms with Crippen molar-refractivity contribution in [1.29, 1.82) is 5.26 Å². The van der Waals surface area contributed by atoms with Gasteiger partial charge in [0.25, 0.3) is 0 Å². The van der Waals surface area contributed by atoms with Gasteiger partial charge in [-0.25, -0.2) is 0 Å².